The molecule has 2 aromatic heterocycles. The van der Waals surface area contributed by atoms with E-state index in [2.05, 4.69) is 42.8 Å². The number of hydrogen-bond acceptors (Lipinski definition) is 5. The molecule has 6 heteroatoms. The molecule has 29 heavy (non-hydrogen) atoms. The van der Waals surface area contributed by atoms with Crippen molar-refractivity contribution in [1.29, 1.82) is 0 Å². The zero-order chi connectivity index (χ0) is 19.5. The van der Waals surface area contributed by atoms with Crippen molar-refractivity contribution in [2.24, 2.45) is 5.92 Å². The van der Waals surface area contributed by atoms with E-state index in [0.717, 1.165) is 35.9 Å². The highest BCUT2D eigenvalue weighted by molar-refractivity contribution is 5.80. The first-order valence-electron chi connectivity index (χ1n) is 11.4. The molecule has 154 valence electrons. The van der Waals surface area contributed by atoms with Crippen molar-refractivity contribution in [2.45, 2.75) is 64.3 Å². The molecule has 2 fully saturated rings. The van der Waals surface area contributed by atoms with E-state index >= 15 is 0 Å². The van der Waals surface area contributed by atoms with Crippen molar-refractivity contribution in [2.75, 3.05) is 19.6 Å². The molecule has 0 amide bonds. The van der Waals surface area contributed by atoms with Gasteiger partial charge in [-0.05, 0) is 69.4 Å². The molecule has 0 bridgehead atoms. The standard InChI is InChI=1S/C23H31N5O/c1-2-7-18(6-1)8-11-22-25-23(26-29-22)19-9-10-21-20(16-19)24-17-28(21)15-5-14-27-12-3-4-13-27/h9-10,16-18H,1-8,11-15H2. The Bertz CT molecular complexity index is 934. The van der Waals surface area contributed by atoms with Gasteiger partial charge in [0.2, 0.25) is 11.7 Å². The van der Waals surface area contributed by atoms with Gasteiger partial charge in [-0.2, -0.15) is 4.98 Å². The minimum Gasteiger partial charge on any atom is -0.339 e. The van der Waals surface area contributed by atoms with E-state index in [1.54, 1.807) is 0 Å². The Morgan fingerprint density at radius 1 is 1.03 bits per heavy atom. The monoisotopic (exact) mass is 393 g/mol. The summed E-state index contributed by atoms with van der Waals surface area (Å²) < 4.78 is 7.77. The van der Waals surface area contributed by atoms with Gasteiger partial charge in [0.1, 0.15) is 0 Å². The number of hydrogen-bond donors (Lipinski definition) is 0. The summed E-state index contributed by atoms with van der Waals surface area (Å²) in [6.45, 7) is 4.73. The largest absolute Gasteiger partial charge is 0.339 e. The third-order valence-electron chi connectivity index (χ3n) is 6.66. The minimum atomic E-state index is 0.678. The molecule has 1 aromatic carbocycles. The molecule has 6 nitrogen and oxygen atoms in total. The SMILES string of the molecule is c1cc2c(cc1-c1noc(CCC3CCCC3)n1)ncn2CCCN1CCCC1. The molecule has 1 aliphatic carbocycles. The summed E-state index contributed by atoms with van der Waals surface area (Å²) in [6, 6.07) is 6.31. The van der Waals surface area contributed by atoms with E-state index in [0.29, 0.717) is 5.82 Å². The summed E-state index contributed by atoms with van der Waals surface area (Å²) in [5.74, 6) is 2.28. The molecule has 0 spiro atoms. The average Bonchev–Trinajstić information content (AvgIpc) is 3.54. The Balaban J connectivity index is 1.22. The fourth-order valence-corrected chi connectivity index (χ4v) is 4.95. The fourth-order valence-electron chi connectivity index (χ4n) is 4.95. The van der Waals surface area contributed by atoms with Crippen LogP contribution < -0.4 is 0 Å². The van der Waals surface area contributed by atoms with Crippen LogP contribution in [0.15, 0.2) is 29.0 Å². The van der Waals surface area contributed by atoms with Gasteiger partial charge in [0.15, 0.2) is 0 Å². The fraction of sp³-hybridized carbons (Fsp3) is 0.609. The van der Waals surface area contributed by atoms with Gasteiger partial charge >= 0.3 is 0 Å². The molecule has 0 unspecified atom stereocenters. The summed E-state index contributed by atoms with van der Waals surface area (Å²) in [4.78, 5) is 11.8. The lowest BCUT2D eigenvalue weighted by Crippen LogP contribution is -2.21. The minimum absolute atomic E-state index is 0.678. The van der Waals surface area contributed by atoms with Gasteiger partial charge in [0, 0.05) is 18.5 Å². The molecule has 2 aliphatic rings. The smallest absolute Gasteiger partial charge is 0.226 e. The van der Waals surface area contributed by atoms with Crippen molar-refractivity contribution in [3.63, 3.8) is 0 Å². The van der Waals surface area contributed by atoms with Crippen LogP contribution in [-0.4, -0.2) is 44.2 Å². The average molecular weight is 394 g/mol. The van der Waals surface area contributed by atoms with Crippen LogP contribution in [0.5, 0.6) is 0 Å². The summed E-state index contributed by atoms with van der Waals surface area (Å²) in [5, 5.41) is 4.21. The second kappa shape index (κ2) is 8.66. The first-order valence-corrected chi connectivity index (χ1v) is 11.4. The molecule has 0 N–H and O–H groups in total. The first kappa shape index (κ1) is 18.8. The number of aromatic nitrogens is 4. The normalized spacial score (nSPS) is 18.3. The maximum atomic E-state index is 5.51. The number of benzene rings is 1. The van der Waals surface area contributed by atoms with Gasteiger partial charge in [0.05, 0.1) is 17.4 Å². The number of nitrogens with zero attached hydrogens (tertiary/aromatic N) is 5. The Hall–Kier alpha value is -2.21. The van der Waals surface area contributed by atoms with Crippen molar-refractivity contribution < 1.29 is 4.52 Å². The van der Waals surface area contributed by atoms with Gasteiger partial charge in [-0.25, -0.2) is 4.98 Å². The first-order chi connectivity index (χ1) is 14.3. The van der Waals surface area contributed by atoms with E-state index in [-0.39, 0.29) is 0 Å². The van der Waals surface area contributed by atoms with Crippen LogP contribution in [0, 0.1) is 5.92 Å². The summed E-state index contributed by atoms with van der Waals surface area (Å²) in [6.07, 6.45) is 13.4. The van der Waals surface area contributed by atoms with Crippen LogP contribution >= 0.6 is 0 Å². The highest BCUT2D eigenvalue weighted by Gasteiger charge is 2.17. The predicted molar refractivity (Wildman–Crippen MR) is 114 cm³/mol. The number of imidazole rings is 1. The second-order valence-electron chi connectivity index (χ2n) is 8.74. The number of rotatable bonds is 8. The molecule has 3 aromatic rings. The third-order valence-corrected chi connectivity index (χ3v) is 6.66. The zero-order valence-electron chi connectivity index (χ0n) is 17.2. The third kappa shape index (κ3) is 4.37. The molecule has 0 atom stereocenters. The molecule has 1 saturated heterocycles. The Morgan fingerprint density at radius 3 is 2.76 bits per heavy atom. The lowest BCUT2D eigenvalue weighted by molar-refractivity contribution is 0.326. The molecular formula is C23H31N5O. The second-order valence-corrected chi connectivity index (χ2v) is 8.74. The van der Waals surface area contributed by atoms with Crippen LogP contribution in [0.2, 0.25) is 0 Å². The van der Waals surface area contributed by atoms with Crippen LogP contribution in [0.3, 0.4) is 0 Å². The van der Waals surface area contributed by atoms with Crippen molar-refractivity contribution in [3.05, 3.63) is 30.4 Å². The number of fused-ring (bicyclic) bond motifs is 1. The predicted octanol–water partition coefficient (Wildman–Crippen LogP) is 4.70. The van der Waals surface area contributed by atoms with Crippen LogP contribution in [0.4, 0.5) is 0 Å². The molecule has 5 rings (SSSR count). The highest BCUT2D eigenvalue weighted by atomic mass is 16.5. The van der Waals surface area contributed by atoms with E-state index in [1.807, 2.05) is 6.33 Å². The topological polar surface area (TPSA) is 60.0 Å². The van der Waals surface area contributed by atoms with Crippen molar-refractivity contribution in [3.8, 4) is 11.4 Å². The van der Waals surface area contributed by atoms with Crippen LogP contribution in [0.25, 0.3) is 22.4 Å². The Morgan fingerprint density at radius 2 is 1.90 bits per heavy atom. The molecule has 0 radical (unpaired) electrons. The lowest BCUT2D eigenvalue weighted by atomic mass is 10.0. The summed E-state index contributed by atoms with van der Waals surface area (Å²) in [5.41, 5.74) is 3.16. The molecular weight excluding hydrogens is 362 g/mol. The summed E-state index contributed by atoms with van der Waals surface area (Å²) in [7, 11) is 0. The van der Waals surface area contributed by atoms with Gasteiger partial charge in [-0.3, -0.25) is 0 Å². The van der Waals surface area contributed by atoms with Gasteiger partial charge in [-0.15, -0.1) is 0 Å². The van der Waals surface area contributed by atoms with Gasteiger partial charge in [0.25, 0.3) is 0 Å². The molecule has 1 aliphatic heterocycles. The Kier molecular flexibility index (Phi) is 5.61. The maximum Gasteiger partial charge on any atom is 0.226 e. The van der Waals surface area contributed by atoms with Gasteiger partial charge < -0.3 is 14.0 Å². The zero-order valence-corrected chi connectivity index (χ0v) is 17.2. The number of aryl methyl sites for hydroxylation is 2. The molecule has 1 saturated carbocycles. The van der Waals surface area contributed by atoms with Gasteiger partial charge in [-0.1, -0.05) is 30.8 Å². The van der Waals surface area contributed by atoms with E-state index in [9.17, 15) is 0 Å². The van der Waals surface area contributed by atoms with Crippen molar-refractivity contribution in [1.82, 2.24) is 24.6 Å². The van der Waals surface area contributed by atoms with Crippen molar-refractivity contribution >= 4 is 11.0 Å². The lowest BCUT2D eigenvalue weighted by Gasteiger charge is -2.14. The van der Waals surface area contributed by atoms with E-state index in [4.69, 9.17) is 4.52 Å². The maximum absolute atomic E-state index is 5.51. The van der Waals surface area contributed by atoms with E-state index < -0.39 is 0 Å². The Labute approximate surface area is 172 Å². The van der Waals surface area contributed by atoms with E-state index in [1.165, 1.54) is 76.5 Å². The summed E-state index contributed by atoms with van der Waals surface area (Å²) >= 11 is 0. The van der Waals surface area contributed by atoms with Crippen LogP contribution in [-0.2, 0) is 13.0 Å². The highest BCUT2D eigenvalue weighted by Crippen LogP contribution is 2.29. The number of likely N-dealkylation sites (tertiary alicyclic amines) is 1. The quantitative estimate of drug-likeness (QED) is 0.555. The molecule has 3 heterocycles. The van der Waals surface area contributed by atoms with Crippen LogP contribution in [0.1, 0.15) is 57.3 Å².